The van der Waals surface area contributed by atoms with E-state index in [0.717, 1.165) is 0 Å². The first-order valence-corrected chi connectivity index (χ1v) is 8.71. The Morgan fingerprint density at radius 1 is 1.47 bits per heavy atom. The average molecular weight is 296 g/mol. The molecule has 0 saturated carbocycles. The van der Waals surface area contributed by atoms with Crippen LogP contribution in [0.2, 0.25) is 0 Å². The van der Waals surface area contributed by atoms with E-state index in [0.29, 0.717) is 16.9 Å². The van der Waals surface area contributed by atoms with Gasteiger partial charge in [-0.1, -0.05) is 0 Å². The second kappa shape index (κ2) is 3.75. The quantitative estimate of drug-likeness (QED) is 0.753. The van der Waals surface area contributed by atoms with E-state index in [2.05, 4.69) is 0 Å². The molecule has 2 rings (SSSR count). The maximum absolute atomic E-state index is 12.0. The summed E-state index contributed by atoms with van der Waals surface area (Å²) in [7, 11) is -7.36. The number of hydrogen-bond donors (Lipinski definition) is 2. The highest BCUT2D eigenvalue weighted by molar-refractivity contribution is 7.95. The molecule has 1 unspecified atom stereocenters. The zero-order valence-corrected chi connectivity index (χ0v) is 11.4. The minimum atomic E-state index is -3.89. The summed E-state index contributed by atoms with van der Waals surface area (Å²) in [5, 5.41) is 4.38. The van der Waals surface area contributed by atoms with Crippen molar-refractivity contribution in [2.45, 2.75) is 33.1 Å². The summed E-state index contributed by atoms with van der Waals surface area (Å²) in [4.78, 5) is 0. The predicted molar refractivity (Wildman–Crippen MR) is 63.9 cm³/mol. The maximum atomic E-state index is 12.0. The van der Waals surface area contributed by atoms with E-state index in [9.17, 15) is 16.8 Å². The highest BCUT2D eigenvalue weighted by Crippen LogP contribution is 2.41. The van der Waals surface area contributed by atoms with Crippen molar-refractivity contribution in [1.82, 2.24) is 0 Å². The SMILES string of the molecule is CC1C[C@@H](N)c2cc(S(N)(=O)=O)sc2S1(=O)=O. The van der Waals surface area contributed by atoms with Gasteiger partial charge in [0.15, 0.2) is 9.84 Å². The van der Waals surface area contributed by atoms with Crippen LogP contribution in [0.4, 0.5) is 0 Å². The molecule has 9 heteroatoms. The molecule has 6 nitrogen and oxygen atoms in total. The molecule has 0 aliphatic carbocycles. The van der Waals surface area contributed by atoms with E-state index < -0.39 is 31.2 Å². The van der Waals surface area contributed by atoms with Crippen LogP contribution in [0.1, 0.15) is 24.9 Å². The van der Waals surface area contributed by atoms with Crippen LogP contribution in [-0.2, 0) is 19.9 Å². The Morgan fingerprint density at radius 3 is 2.59 bits per heavy atom. The highest BCUT2D eigenvalue weighted by Gasteiger charge is 2.37. The van der Waals surface area contributed by atoms with E-state index in [1.807, 2.05) is 0 Å². The van der Waals surface area contributed by atoms with Gasteiger partial charge in [0.05, 0.1) is 5.25 Å². The Labute approximate surface area is 104 Å². The molecule has 1 aromatic rings. The zero-order valence-electron chi connectivity index (χ0n) is 8.95. The van der Waals surface area contributed by atoms with E-state index in [4.69, 9.17) is 10.9 Å². The molecule has 0 amide bonds. The van der Waals surface area contributed by atoms with Crippen LogP contribution in [0.3, 0.4) is 0 Å². The largest absolute Gasteiger partial charge is 0.324 e. The van der Waals surface area contributed by atoms with Crippen LogP contribution in [0.25, 0.3) is 0 Å². The van der Waals surface area contributed by atoms with E-state index in [-0.39, 0.29) is 14.8 Å². The Bertz CT molecular complexity index is 659. The number of primary sulfonamides is 1. The molecule has 17 heavy (non-hydrogen) atoms. The van der Waals surface area contributed by atoms with Crippen molar-refractivity contribution in [2.75, 3.05) is 0 Å². The van der Waals surface area contributed by atoms with Gasteiger partial charge in [0, 0.05) is 6.04 Å². The molecule has 0 spiro atoms. The number of sulfone groups is 1. The molecular formula is C8H12N2O4S3. The third kappa shape index (κ3) is 2.02. The van der Waals surface area contributed by atoms with Gasteiger partial charge in [-0.3, -0.25) is 0 Å². The number of sulfonamides is 1. The fraction of sp³-hybridized carbons (Fsp3) is 0.500. The summed E-state index contributed by atoms with van der Waals surface area (Å²) in [5.41, 5.74) is 6.18. The van der Waals surface area contributed by atoms with E-state index >= 15 is 0 Å². The molecule has 1 aliphatic heterocycles. The van der Waals surface area contributed by atoms with Crippen molar-refractivity contribution in [2.24, 2.45) is 10.9 Å². The van der Waals surface area contributed by atoms with Gasteiger partial charge in [0.25, 0.3) is 0 Å². The molecule has 0 radical (unpaired) electrons. The van der Waals surface area contributed by atoms with Crippen molar-refractivity contribution >= 4 is 31.2 Å². The lowest BCUT2D eigenvalue weighted by Gasteiger charge is -2.23. The molecule has 0 bridgehead atoms. The Kier molecular flexibility index (Phi) is 2.86. The summed E-state index contributed by atoms with van der Waals surface area (Å²) in [6, 6.07) is 0.805. The molecular weight excluding hydrogens is 284 g/mol. The van der Waals surface area contributed by atoms with Crippen LogP contribution in [-0.4, -0.2) is 22.1 Å². The first kappa shape index (κ1) is 13.0. The van der Waals surface area contributed by atoms with Crippen molar-refractivity contribution in [1.29, 1.82) is 0 Å². The number of hydrogen-bond acceptors (Lipinski definition) is 6. The van der Waals surface area contributed by atoms with Gasteiger partial charge in [-0.05, 0) is 25.0 Å². The fourth-order valence-electron chi connectivity index (χ4n) is 1.78. The first-order chi connectivity index (χ1) is 7.64. The lowest BCUT2D eigenvalue weighted by atomic mass is 10.1. The third-order valence-corrected chi connectivity index (χ3v) is 8.07. The summed E-state index contributed by atoms with van der Waals surface area (Å²) >= 11 is 0.676. The number of rotatable bonds is 1. The Balaban J connectivity index is 2.73. The minimum Gasteiger partial charge on any atom is -0.324 e. The van der Waals surface area contributed by atoms with Gasteiger partial charge in [0.2, 0.25) is 10.0 Å². The summed E-state index contributed by atoms with van der Waals surface area (Å²) in [6.45, 7) is 1.56. The zero-order chi connectivity index (χ0) is 13.0. The lowest BCUT2D eigenvalue weighted by molar-refractivity contribution is 0.542. The summed E-state index contributed by atoms with van der Waals surface area (Å²) in [6.07, 6.45) is 0.288. The van der Waals surface area contributed by atoms with Gasteiger partial charge >= 0.3 is 0 Å². The van der Waals surface area contributed by atoms with Crippen LogP contribution in [0.5, 0.6) is 0 Å². The number of nitrogens with two attached hydrogens (primary N) is 2. The average Bonchev–Trinajstić information content (AvgIpc) is 2.59. The van der Waals surface area contributed by atoms with Crippen molar-refractivity contribution < 1.29 is 16.8 Å². The van der Waals surface area contributed by atoms with Crippen LogP contribution >= 0.6 is 11.3 Å². The smallest absolute Gasteiger partial charge is 0.247 e. The normalized spacial score (nSPS) is 27.7. The molecule has 2 atom stereocenters. The molecule has 0 fully saturated rings. The van der Waals surface area contributed by atoms with E-state index in [1.54, 1.807) is 6.92 Å². The van der Waals surface area contributed by atoms with Crippen LogP contribution in [0.15, 0.2) is 14.5 Å². The van der Waals surface area contributed by atoms with Gasteiger partial charge < -0.3 is 5.73 Å². The molecule has 1 aliphatic rings. The fourth-order valence-corrected chi connectivity index (χ4v) is 6.23. The number of thiophene rings is 1. The van der Waals surface area contributed by atoms with E-state index in [1.165, 1.54) is 6.07 Å². The van der Waals surface area contributed by atoms with Crippen LogP contribution in [0, 0.1) is 0 Å². The molecule has 0 aromatic carbocycles. The molecule has 4 N–H and O–H groups in total. The topological polar surface area (TPSA) is 120 Å². The third-order valence-electron chi connectivity index (χ3n) is 2.76. The van der Waals surface area contributed by atoms with Gasteiger partial charge in [-0.15, -0.1) is 11.3 Å². The summed E-state index contributed by atoms with van der Waals surface area (Å²) in [5.74, 6) is 0. The summed E-state index contributed by atoms with van der Waals surface area (Å²) < 4.78 is 46.3. The Morgan fingerprint density at radius 2 is 2.06 bits per heavy atom. The lowest BCUT2D eigenvalue weighted by Crippen LogP contribution is -2.29. The first-order valence-electron chi connectivity index (χ1n) is 4.80. The van der Waals surface area contributed by atoms with Gasteiger partial charge in [-0.25, -0.2) is 22.0 Å². The molecule has 2 heterocycles. The van der Waals surface area contributed by atoms with Crippen molar-refractivity contribution in [3.05, 3.63) is 11.6 Å². The molecule has 0 saturated heterocycles. The van der Waals surface area contributed by atoms with Crippen LogP contribution < -0.4 is 10.9 Å². The minimum absolute atomic E-state index is 0.0350. The molecule has 1 aromatic heterocycles. The highest BCUT2D eigenvalue weighted by atomic mass is 32.3. The Hall–Kier alpha value is -0.480. The second-order valence-corrected chi connectivity index (χ2v) is 9.45. The van der Waals surface area contributed by atoms with Gasteiger partial charge in [-0.2, -0.15) is 0 Å². The number of fused-ring (bicyclic) bond motifs is 1. The van der Waals surface area contributed by atoms with Crippen molar-refractivity contribution in [3.8, 4) is 0 Å². The predicted octanol–water partition coefficient (Wildman–Crippen LogP) is -0.0388. The molecule has 96 valence electrons. The second-order valence-electron chi connectivity index (χ2n) is 4.05. The van der Waals surface area contributed by atoms with Gasteiger partial charge in [0.1, 0.15) is 8.42 Å². The monoisotopic (exact) mass is 296 g/mol. The van der Waals surface area contributed by atoms with Crippen molar-refractivity contribution in [3.63, 3.8) is 0 Å². The standard InChI is InChI=1S/C8H12N2O4S3/c1-4-2-6(9)5-3-7(17(10,13)14)15-8(5)16(4,11)12/h3-4,6H,2,9H2,1H3,(H2,10,13,14)/t4?,6-/m1/s1. The maximum Gasteiger partial charge on any atom is 0.247 e.